The lowest BCUT2D eigenvalue weighted by Crippen LogP contribution is -1.91. The zero-order valence-corrected chi connectivity index (χ0v) is 7.71. The number of pyridine rings is 1. The van der Waals surface area contributed by atoms with Crippen molar-refractivity contribution in [2.75, 3.05) is 0 Å². The Morgan fingerprint density at radius 2 is 2.21 bits per heavy atom. The van der Waals surface area contributed by atoms with E-state index in [1.165, 1.54) is 0 Å². The summed E-state index contributed by atoms with van der Waals surface area (Å²) in [6.45, 7) is 1.93. The van der Waals surface area contributed by atoms with Gasteiger partial charge in [0.25, 0.3) is 0 Å². The standard InChI is InChI=1S/C10H9N3O/c1-8-2-3-10(4-11-8)13-5-9(6-14)12-7-13/h2-7H,1H3. The minimum atomic E-state index is 0.422. The molecule has 4 nitrogen and oxygen atoms in total. The van der Waals surface area contributed by atoms with Crippen LogP contribution in [-0.4, -0.2) is 20.8 Å². The number of rotatable bonds is 2. The van der Waals surface area contributed by atoms with E-state index in [0.717, 1.165) is 17.7 Å². The summed E-state index contributed by atoms with van der Waals surface area (Å²) in [5, 5.41) is 0. The Morgan fingerprint density at radius 1 is 1.36 bits per heavy atom. The van der Waals surface area contributed by atoms with Crippen LogP contribution < -0.4 is 0 Å². The van der Waals surface area contributed by atoms with Gasteiger partial charge < -0.3 is 4.57 Å². The maximum absolute atomic E-state index is 10.4. The zero-order chi connectivity index (χ0) is 9.97. The quantitative estimate of drug-likeness (QED) is 0.667. The van der Waals surface area contributed by atoms with E-state index in [-0.39, 0.29) is 0 Å². The molecule has 0 aliphatic carbocycles. The molecule has 2 aromatic rings. The van der Waals surface area contributed by atoms with Gasteiger partial charge in [0.15, 0.2) is 6.29 Å². The zero-order valence-electron chi connectivity index (χ0n) is 7.71. The molecule has 0 aromatic carbocycles. The molecule has 0 saturated heterocycles. The van der Waals surface area contributed by atoms with Crippen LogP contribution in [0.1, 0.15) is 16.2 Å². The van der Waals surface area contributed by atoms with E-state index in [0.29, 0.717) is 5.69 Å². The predicted molar refractivity (Wildman–Crippen MR) is 51.5 cm³/mol. The van der Waals surface area contributed by atoms with Crippen LogP contribution in [0.2, 0.25) is 0 Å². The third-order valence-corrected chi connectivity index (χ3v) is 1.92. The molecule has 2 aromatic heterocycles. The molecule has 0 spiro atoms. The van der Waals surface area contributed by atoms with Gasteiger partial charge in [0.05, 0.1) is 11.9 Å². The lowest BCUT2D eigenvalue weighted by atomic mass is 10.3. The Labute approximate surface area is 81.2 Å². The first-order valence-corrected chi connectivity index (χ1v) is 4.22. The average molecular weight is 187 g/mol. The fourth-order valence-corrected chi connectivity index (χ4v) is 1.15. The van der Waals surface area contributed by atoms with Crippen LogP contribution in [0, 0.1) is 6.92 Å². The number of hydrogen-bond acceptors (Lipinski definition) is 3. The number of imidazole rings is 1. The molecule has 70 valence electrons. The average Bonchev–Trinajstić information content (AvgIpc) is 2.67. The second-order valence-corrected chi connectivity index (χ2v) is 2.98. The molecule has 0 bridgehead atoms. The molecule has 0 amide bonds. The van der Waals surface area contributed by atoms with Crippen LogP contribution in [0.3, 0.4) is 0 Å². The Morgan fingerprint density at radius 3 is 2.79 bits per heavy atom. The summed E-state index contributed by atoms with van der Waals surface area (Å²) in [7, 11) is 0. The summed E-state index contributed by atoms with van der Waals surface area (Å²) < 4.78 is 1.76. The summed E-state index contributed by atoms with van der Waals surface area (Å²) in [6.07, 6.45) is 5.72. The lowest BCUT2D eigenvalue weighted by molar-refractivity contribution is 0.111. The van der Waals surface area contributed by atoms with Crippen LogP contribution in [0.4, 0.5) is 0 Å². The minimum Gasteiger partial charge on any atom is -0.304 e. The topological polar surface area (TPSA) is 47.8 Å². The van der Waals surface area contributed by atoms with Crippen LogP contribution in [0.5, 0.6) is 0 Å². The largest absolute Gasteiger partial charge is 0.304 e. The predicted octanol–water partition coefficient (Wildman–Crippen LogP) is 1.39. The Hall–Kier alpha value is -1.97. The van der Waals surface area contributed by atoms with Crippen molar-refractivity contribution in [3.63, 3.8) is 0 Å². The third-order valence-electron chi connectivity index (χ3n) is 1.92. The summed E-state index contributed by atoms with van der Waals surface area (Å²) in [6, 6.07) is 3.84. The third kappa shape index (κ3) is 1.54. The van der Waals surface area contributed by atoms with Gasteiger partial charge >= 0.3 is 0 Å². The van der Waals surface area contributed by atoms with Gasteiger partial charge in [-0.05, 0) is 19.1 Å². The van der Waals surface area contributed by atoms with Gasteiger partial charge in [-0.25, -0.2) is 4.98 Å². The van der Waals surface area contributed by atoms with Gasteiger partial charge in [-0.15, -0.1) is 0 Å². The molecule has 2 rings (SSSR count). The number of nitrogens with zero attached hydrogens (tertiary/aromatic N) is 3. The van der Waals surface area contributed by atoms with Crippen molar-refractivity contribution in [2.45, 2.75) is 6.92 Å². The number of aldehydes is 1. The molecule has 0 fully saturated rings. The molecule has 2 heterocycles. The number of carbonyl (C=O) groups is 1. The van der Waals surface area contributed by atoms with Crippen molar-refractivity contribution in [1.29, 1.82) is 0 Å². The molecule has 0 radical (unpaired) electrons. The van der Waals surface area contributed by atoms with Crippen LogP contribution >= 0.6 is 0 Å². The first kappa shape index (κ1) is 8.62. The van der Waals surface area contributed by atoms with Crippen LogP contribution in [0.15, 0.2) is 30.9 Å². The van der Waals surface area contributed by atoms with Gasteiger partial charge in [-0.3, -0.25) is 9.78 Å². The van der Waals surface area contributed by atoms with E-state index < -0.39 is 0 Å². The van der Waals surface area contributed by atoms with E-state index in [2.05, 4.69) is 9.97 Å². The van der Waals surface area contributed by atoms with Crippen LogP contribution in [-0.2, 0) is 0 Å². The molecule has 0 aliphatic heterocycles. The van der Waals surface area contributed by atoms with Gasteiger partial charge in [-0.1, -0.05) is 0 Å². The van der Waals surface area contributed by atoms with Crippen molar-refractivity contribution in [1.82, 2.24) is 14.5 Å². The molecular weight excluding hydrogens is 178 g/mol. The first-order chi connectivity index (χ1) is 6.79. The van der Waals surface area contributed by atoms with Crippen molar-refractivity contribution >= 4 is 6.29 Å². The molecule has 0 atom stereocenters. The van der Waals surface area contributed by atoms with Gasteiger partial charge in [0, 0.05) is 11.9 Å². The molecule has 0 N–H and O–H groups in total. The summed E-state index contributed by atoms with van der Waals surface area (Å²) >= 11 is 0. The molecular formula is C10H9N3O. The summed E-state index contributed by atoms with van der Waals surface area (Å²) in [4.78, 5) is 18.5. The molecule has 14 heavy (non-hydrogen) atoms. The minimum absolute atomic E-state index is 0.422. The molecule has 0 saturated carbocycles. The lowest BCUT2D eigenvalue weighted by Gasteiger charge is -2.00. The van der Waals surface area contributed by atoms with E-state index in [9.17, 15) is 4.79 Å². The Kier molecular flexibility index (Phi) is 2.10. The Bertz CT molecular complexity index is 445. The van der Waals surface area contributed by atoms with Gasteiger partial charge in [0.2, 0.25) is 0 Å². The second-order valence-electron chi connectivity index (χ2n) is 2.98. The number of aromatic nitrogens is 3. The monoisotopic (exact) mass is 187 g/mol. The fraction of sp³-hybridized carbons (Fsp3) is 0.100. The molecule has 4 heteroatoms. The van der Waals surface area contributed by atoms with Gasteiger partial charge in [0.1, 0.15) is 12.0 Å². The summed E-state index contributed by atoms with van der Waals surface area (Å²) in [5.74, 6) is 0. The smallest absolute Gasteiger partial charge is 0.170 e. The normalized spacial score (nSPS) is 10.1. The van der Waals surface area contributed by atoms with E-state index >= 15 is 0 Å². The SMILES string of the molecule is Cc1ccc(-n2cnc(C=O)c2)cn1. The van der Waals surface area contributed by atoms with E-state index in [1.54, 1.807) is 23.3 Å². The number of hydrogen-bond donors (Lipinski definition) is 0. The van der Waals surface area contributed by atoms with E-state index in [1.807, 2.05) is 19.1 Å². The highest BCUT2D eigenvalue weighted by Gasteiger charge is 1.99. The van der Waals surface area contributed by atoms with Crippen LogP contribution in [0.25, 0.3) is 5.69 Å². The van der Waals surface area contributed by atoms with Crippen molar-refractivity contribution < 1.29 is 4.79 Å². The number of carbonyl (C=O) groups excluding carboxylic acids is 1. The van der Waals surface area contributed by atoms with Crippen molar-refractivity contribution in [2.24, 2.45) is 0 Å². The molecule has 0 aliphatic rings. The highest BCUT2D eigenvalue weighted by molar-refractivity contribution is 5.71. The van der Waals surface area contributed by atoms with E-state index in [4.69, 9.17) is 0 Å². The summed E-state index contributed by atoms with van der Waals surface area (Å²) in [5.41, 5.74) is 2.28. The highest BCUT2D eigenvalue weighted by Crippen LogP contribution is 2.06. The maximum Gasteiger partial charge on any atom is 0.170 e. The number of aryl methyl sites for hydroxylation is 1. The first-order valence-electron chi connectivity index (χ1n) is 4.22. The highest BCUT2D eigenvalue weighted by atomic mass is 16.1. The Balaban J connectivity index is 2.39. The fourth-order valence-electron chi connectivity index (χ4n) is 1.15. The van der Waals surface area contributed by atoms with Gasteiger partial charge in [-0.2, -0.15) is 0 Å². The van der Waals surface area contributed by atoms with Crippen molar-refractivity contribution in [3.8, 4) is 5.69 Å². The maximum atomic E-state index is 10.4. The second kappa shape index (κ2) is 3.41. The van der Waals surface area contributed by atoms with Crippen molar-refractivity contribution in [3.05, 3.63) is 42.2 Å². The molecule has 0 unspecified atom stereocenters.